The van der Waals surface area contributed by atoms with Crippen LogP contribution in [0.25, 0.3) is 0 Å². The first-order chi connectivity index (χ1) is 10.7. The van der Waals surface area contributed by atoms with Crippen LogP contribution in [0.5, 0.6) is 0 Å². The number of hydrogen-bond acceptors (Lipinski definition) is 4. The van der Waals surface area contributed by atoms with E-state index >= 15 is 0 Å². The van der Waals surface area contributed by atoms with Crippen molar-refractivity contribution >= 4 is 23.4 Å². The number of amides is 1. The van der Waals surface area contributed by atoms with Crippen LogP contribution in [0.3, 0.4) is 0 Å². The Bertz CT molecular complexity index is 650. The minimum Gasteiger partial charge on any atom is -0.285 e. The molecule has 6 nitrogen and oxygen atoms in total. The summed E-state index contributed by atoms with van der Waals surface area (Å²) in [5.74, 6) is -0.0149. The molecule has 1 N–H and O–H groups in total. The smallest absolute Gasteiger partial charge is 0.285 e. The maximum absolute atomic E-state index is 12.2. The van der Waals surface area contributed by atoms with Gasteiger partial charge in [-0.15, -0.1) is 0 Å². The van der Waals surface area contributed by atoms with E-state index < -0.39 is 0 Å². The molecule has 22 heavy (non-hydrogen) atoms. The number of halogens is 1. The number of rotatable bonds is 3. The van der Waals surface area contributed by atoms with E-state index in [4.69, 9.17) is 16.1 Å². The predicted octanol–water partition coefficient (Wildman–Crippen LogP) is 2.38. The van der Waals surface area contributed by atoms with Gasteiger partial charge in [0, 0.05) is 0 Å². The zero-order valence-electron chi connectivity index (χ0n) is 12.2. The van der Waals surface area contributed by atoms with Gasteiger partial charge in [-0.3, -0.25) is 14.6 Å². The Morgan fingerprint density at radius 1 is 1.23 bits per heavy atom. The second-order valence-corrected chi connectivity index (χ2v) is 5.70. The number of nitrogens with zero attached hydrogens (tertiary/aromatic N) is 3. The van der Waals surface area contributed by atoms with Gasteiger partial charge < -0.3 is 0 Å². The summed E-state index contributed by atoms with van der Waals surface area (Å²) in [5.41, 5.74) is 0.405. The van der Waals surface area contributed by atoms with Crippen molar-refractivity contribution in [3.63, 3.8) is 0 Å². The van der Waals surface area contributed by atoms with E-state index in [0.717, 1.165) is 25.9 Å². The van der Waals surface area contributed by atoms with E-state index in [-0.39, 0.29) is 5.91 Å². The molecule has 116 valence electrons. The Kier molecular flexibility index (Phi) is 4.58. The highest BCUT2D eigenvalue weighted by atomic mass is 35.5. The standard InChI is InChI=1S/C15H17ClN4O2/c16-13-8-4-3-7-12(13)15(21)17-14-11-20(18-22-14)19-9-5-1-2-6-10-19/h3-4,7-8,11H,1-2,5-6,9-10H2/p+1. The average molecular weight is 322 g/mol. The Morgan fingerprint density at radius 2 is 1.95 bits per heavy atom. The van der Waals surface area contributed by atoms with E-state index in [1.807, 2.05) is 0 Å². The summed E-state index contributed by atoms with van der Waals surface area (Å²) in [6, 6.07) is 6.88. The molecule has 3 rings (SSSR count). The van der Waals surface area contributed by atoms with Crippen LogP contribution in [0.4, 0.5) is 5.88 Å². The van der Waals surface area contributed by atoms with E-state index in [1.165, 1.54) is 12.8 Å². The molecular weight excluding hydrogens is 304 g/mol. The molecule has 1 fully saturated rings. The third-order valence-electron chi connectivity index (χ3n) is 3.68. The number of aromatic nitrogens is 2. The quantitative estimate of drug-likeness (QED) is 0.882. The molecule has 1 aliphatic rings. The zero-order chi connectivity index (χ0) is 15.4. The van der Waals surface area contributed by atoms with E-state index in [2.05, 4.69) is 15.6 Å². The predicted molar refractivity (Wildman–Crippen MR) is 82.5 cm³/mol. The molecule has 1 aromatic carbocycles. The highest BCUT2D eigenvalue weighted by Gasteiger charge is 2.23. The minimum atomic E-state index is -0.315. The lowest BCUT2D eigenvalue weighted by Gasteiger charge is -2.08. The van der Waals surface area contributed by atoms with Gasteiger partial charge in [-0.25, -0.2) is 0 Å². The maximum Gasteiger partial charge on any atom is 0.306 e. The number of benzene rings is 1. The van der Waals surface area contributed by atoms with Gasteiger partial charge in [0.05, 0.1) is 28.5 Å². The van der Waals surface area contributed by atoms with Crippen molar-refractivity contribution in [1.82, 2.24) is 5.27 Å². The lowest BCUT2D eigenvalue weighted by molar-refractivity contribution is -0.758. The minimum absolute atomic E-state index is 0.300. The summed E-state index contributed by atoms with van der Waals surface area (Å²) in [5, 5.41) is 9.16. The topological polar surface area (TPSA) is 62.3 Å². The van der Waals surface area contributed by atoms with Crippen LogP contribution in [0.2, 0.25) is 5.02 Å². The van der Waals surface area contributed by atoms with Crippen LogP contribution >= 0.6 is 11.6 Å². The number of carbonyl (C=O) groups is 1. The fourth-order valence-corrected chi connectivity index (χ4v) is 2.73. The van der Waals surface area contributed by atoms with E-state index in [1.54, 1.807) is 35.3 Å². The summed E-state index contributed by atoms with van der Waals surface area (Å²) in [6.45, 7) is 1.88. The molecule has 0 atom stereocenters. The SMILES string of the molecule is O=C(Nc1c[n+](N2CCCCCC2)no1)c1ccccc1Cl. The van der Waals surface area contributed by atoms with Crippen LogP contribution in [-0.2, 0) is 0 Å². The van der Waals surface area contributed by atoms with Crippen LogP contribution in [-0.4, -0.2) is 24.3 Å². The Morgan fingerprint density at radius 3 is 2.68 bits per heavy atom. The maximum atomic E-state index is 12.2. The van der Waals surface area contributed by atoms with Gasteiger partial charge in [-0.2, -0.15) is 5.01 Å². The van der Waals surface area contributed by atoms with Crippen molar-refractivity contribution in [3.8, 4) is 0 Å². The first-order valence-electron chi connectivity index (χ1n) is 7.44. The van der Waals surface area contributed by atoms with Gasteiger partial charge in [0.15, 0.2) is 0 Å². The first kappa shape index (κ1) is 14.8. The Balaban J connectivity index is 1.69. The van der Waals surface area contributed by atoms with Crippen molar-refractivity contribution in [2.45, 2.75) is 25.7 Å². The third-order valence-corrected chi connectivity index (χ3v) is 4.01. The lowest BCUT2D eigenvalue weighted by atomic mass is 10.2. The first-order valence-corrected chi connectivity index (χ1v) is 7.81. The van der Waals surface area contributed by atoms with E-state index in [0.29, 0.717) is 16.5 Å². The average Bonchev–Trinajstić information content (AvgIpc) is 2.81. The molecule has 0 bridgehead atoms. The van der Waals surface area contributed by atoms with Crippen molar-refractivity contribution in [2.75, 3.05) is 23.4 Å². The van der Waals surface area contributed by atoms with Crippen molar-refractivity contribution in [3.05, 3.63) is 41.0 Å². The molecule has 0 unspecified atom stereocenters. The van der Waals surface area contributed by atoms with Crippen LogP contribution in [0.15, 0.2) is 35.0 Å². The van der Waals surface area contributed by atoms with Crippen LogP contribution in [0.1, 0.15) is 36.0 Å². The molecule has 0 saturated carbocycles. The number of hydrogen-bond donors (Lipinski definition) is 1. The molecule has 0 spiro atoms. The van der Waals surface area contributed by atoms with Gasteiger partial charge in [-0.05, 0) is 25.0 Å². The molecule has 1 amide bonds. The summed E-state index contributed by atoms with van der Waals surface area (Å²) in [4.78, 5) is 13.8. The molecule has 0 radical (unpaired) electrons. The second-order valence-electron chi connectivity index (χ2n) is 5.29. The molecule has 2 heterocycles. The van der Waals surface area contributed by atoms with Gasteiger partial charge >= 0.3 is 5.88 Å². The van der Waals surface area contributed by atoms with Crippen molar-refractivity contribution in [1.29, 1.82) is 0 Å². The largest absolute Gasteiger partial charge is 0.306 e. The normalized spacial score (nSPS) is 15.4. The van der Waals surface area contributed by atoms with Gasteiger partial charge in [0.25, 0.3) is 12.1 Å². The van der Waals surface area contributed by atoms with Crippen molar-refractivity contribution in [2.24, 2.45) is 0 Å². The molecule has 0 aliphatic carbocycles. The number of carbonyl (C=O) groups excluding carboxylic acids is 1. The summed E-state index contributed by atoms with van der Waals surface area (Å²) in [6.07, 6.45) is 6.44. The van der Waals surface area contributed by atoms with Gasteiger partial charge in [0.2, 0.25) is 5.27 Å². The molecule has 7 heteroatoms. The summed E-state index contributed by atoms with van der Waals surface area (Å²) >= 11 is 6.01. The molecule has 2 aromatic rings. The molecule has 1 aliphatic heterocycles. The highest BCUT2D eigenvalue weighted by molar-refractivity contribution is 6.34. The lowest BCUT2D eigenvalue weighted by Crippen LogP contribution is -2.59. The zero-order valence-corrected chi connectivity index (χ0v) is 12.9. The van der Waals surface area contributed by atoms with Crippen LogP contribution in [0, 0.1) is 0 Å². The monoisotopic (exact) mass is 321 g/mol. The highest BCUT2D eigenvalue weighted by Crippen LogP contribution is 2.16. The van der Waals surface area contributed by atoms with Gasteiger partial charge in [0.1, 0.15) is 0 Å². The summed E-state index contributed by atoms with van der Waals surface area (Å²) < 4.78 is 5.19. The third kappa shape index (κ3) is 3.39. The molecule has 1 aromatic heterocycles. The number of anilines is 1. The van der Waals surface area contributed by atoms with Crippen molar-refractivity contribution < 1.29 is 14.1 Å². The summed E-state index contributed by atoms with van der Waals surface area (Å²) in [7, 11) is 0. The molecular formula is C15H18ClN4O2+. The fraction of sp³-hybridized carbons (Fsp3) is 0.400. The Labute approximate surface area is 133 Å². The number of nitrogens with one attached hydrogen (secondary N) is 1. The second kappa shape index (κ2) is 6.79. The fourth-order valence-electron chi connectivity index (χ4n) is 2.51. The van der Waals surface area contributed by atoms with Gasteiger partial charge in [-0.1, -0.05) is 36.6 Å². The van der Waals surface area contributed by atoms with E-state index in [9.17, 15) is 4.79 Å². The molecule has 1 saturated heterocycles. The Hall–Kier alpha value is -2.08. The van der Waals surface area contributed by atoms with Crippen LogP contribution < -0.4 is 15.1 Å².